The van der Waals surface area contributed by atoms with Crippen molar-refractivity contribution in [1.29, 1.82) is 0 Å². The van der Waals surface area contributed by atoms with Gasteiger partial charge in [0.15, 0.2) is 0 Å². The van der Waals surface area contributed by atoms with Crippen LogP contribution < -0.4 is 0 Å². The largest absolute Gasteiger partial charge is 0.465 e. The molecule has 0 aliphatic rings. The van der Waals surface area contributed by atoms with E-state index in [-0.39, 0.29) is 11.9 Å². The molecular formula is C18H22O2S. The smallest absolute Gasteiger partial charge is 0.314 e. The topological polar surface area (TPSA) is 26.3 Å². The van der Waals surface area contributed by atoms with Gasteiger partial charge < -0.3 is 4.74 Å². The van der Waals surface area contributed by atoms with Gasteiger partial charge in [0.05, 0.1) is 12.5 Å². The van der Waals surface area contributed by atoms with Crippen molar-refractivity contribution in [2.24, 2.45) is 0 Å². The lowest BCUT2D eigenvalue weighted by molar-refractivity contribution is -0.145. The van der Waals surface area contributed by atoms with Crippen LogP contribution in [0, 0.1) is 6.92 Å². The summed E-state index contributed by atoms with van der Waals surface area (Å²) >= 11 is 1.69. The van der Waals surface area contributed by atoms with Crippen LogP contribution in [-0.4, -0.2) is 12.6 Å². The predicted octanol–water partition coefficient (Wildman–Crippen LogP) is 5.17. The minimum absolute atomic E-state index is 0.100. The van der Waals surface area contributed by atoms with Crippen molar-refractivity contribution >= 4 is 17.3 Å². The van der Waals surface area contributed by atoms with Gasteiger partial charge in [0.2, 0.25) is 0 Å². The average molecular weight is 302 g/mol. The highest BCUT2D eigenvalue weighted by Crippen LogP contribution is 2.34. The SMILES string of the molecule is CCCC(C(=O)OCC)c1ccc(-c2ccc(C)cc2)s1. The molecule has 0 fully saturated rings. The molecule has 0 saturated heterocycles. The van der Waals surface area contributed by atoms with E-state index >= 15 is 0 Å². The second kappa shape index (κ2) is 7.41. The summed E-state index contributed by atoms with van der Waals surface area (Å²) in [6, 6.07) is 12.7. The van der Waals surface area contributed by atoms with E-state index in [4.69, 9.17) is 4.74 Å². The number of hydrogen-bond acceptors (Lipinski definition) is 3. The molecule has 112 valence electrons. The molecule has 1 aromatic carbocycles. The van der Waals surface area contributed by atoms with Crippen molar-refractivity contribution in [1.82, 2.24) is 0 Å². The van der Waals surface area contributed by atoms with E-state index in [1.807, 2.05) is 6.92 Å². The standard InChI is InChI=1S/C18H22O2S/c1-4-6-15(18(19)20-5-2)17-12-11-16(21-17)14-9-7-13(3)8-10-14/h7-12,15H,4-6H2,1-3H3. The van der Waals surface area contributed by atoms with Crippen molar-refractivity contribution < 1.29 is 9.53 Å². The molecule has 0 spiro atoms. The molecule has 3 heteroatoms. The van der Waals surface area contributed by atoms with Crippen LogP contribution in [0.2, 0.25) is 0 Å². The number of thiophene rings is 1. The maximum Gasteiger partial charge on any atom is 0.314 e. The molecule has 0 radical (unpaired) electrons. The third-order valence-electron chi connectivity index (χ3n) is 3.45. The molecule has 0 bridgehead atoms. The minimum Gasteiger partial charge on any atom is -0.465 e. The molecule has 0 saturated carbocycles. The van der Waals surface area contributed by atoms with Crippen LogP contribution in [0.4, 0.5) is 0 Å². The lowest BCUT2D eigenvalue weighted by Gasteiger charge is -2.12. The van der Waals surface area contributed by atoms with E-state index in [0.29, 0.717) is 6.61 Å². The molecule has 2 rings (SSSR count). The summed E-state index contributed by atoms with van der Waals surface area (Å²) < 4.78 is 5.21. The summed E-state index contributed by atoms with van der Waals surface area (Å²) in [5.74, 6) is -0.226. The van der Waals surface area contributed by atoms with Crippen LogP contribution in [0.15, 0.2) is 36.4 Å². The summed E-state index contributed by atoms with van der Waals surface area (Å²) in [7, 11) is 0. The normalized spacial score (nSPS) is 12.1. The van der Waals surface area contributed by atoms with Crippen molar-refractivity contribution in [2.75, 3.05) is 6.61 Å². The van der Waals surface area contributed by atoms with Crippen molar-refractivity contribution in [2.45, 2.75) is 39.5 Å². The van der Waals surface area contributed by atoms with Crippen LogP contribution in [0.3, 0.4) is 0 Å². The molecule has 2 nitrogen and oxygen atoms in total. The fourth-order valence-corrected chi connectivity index (χ4v) is 3.46. The van der Waals surface area contributed by atoms with Gasteiger partial charge in [0.1, 0.15) is 0 Å². The Hall–Kier alpha value is -1.61. The highest BCUT2D eigenvalue weighted by atomic mass is 32.1. The van der Waals surface area contributed by atoms with Crippen LogP contribution in [-0.2, 0) is 9.53 Å². The fraction of sp³-hybridized carbons (Fsp3) is 0.389. The second-order valence-electron chi connectivity index (χ2n) is 5.16. The van der Waals surface area contributed by atoms with Crippen LogP contribution >= 0.6 is 11.3 Å². The van der Waals surface area contributed by atoms with Gasteiger partial charge in [-0.25, -0.2) is 0 Å². The average Bonchev–Trinajstić information content (AvgIpc) is 2.95. The van der Waals surface area contributed by atoms with E-state index in [1.54, 1.807) is 11.3 Å². The highest BCUT2D eigenvalue weighted by Gasteiger charge is 2.22. The first-order valence-electron chi connectivity index (χ1n) is 7.49. The third kappa shape index (κ3) is 3.94. The minimum atomic E-state index is -0.126. The van der Waals surface area contributed by atoms with Gasteiger partial charge in [-0.3, -0.25) is 4.79 Å². The first-order chi connectivity index (χ1) is 10.2. The van der Waals surface area contributed by atoms with Gasteiger partial charge in [-0.05, 0) is 38.0 Å². The molecule has 0 aliphatic heterocycles. The zero-order valence-corrected chi connectivity index (χ0v) is 13.7. The highest BCUT2D eigenvalue weighted by molar-refractivity contribution is 7.15. The Labute approximate surface area is 130 Å². The Kier molecular flexibility index (Phi) is 5.57. The summed E-state index contributed by atoms with van der Waals surface area (Å²) in [6.45, 7) is 6.48. The van der Waals surface area contributed by atoms with E-state index < -0.39 is 0 Å². The molecule has 0 aliphatic carbocycles. The van der Waals surface area contributed by atoms with Crippen LogP contribution in [0.25, 0.3) is 10.4 Å². The molecule has 1 atom stereocenters. The van der Waals surface area contributed by atoms with Gasteiger partial charge in [-0.15, -0.1) is 11.3 Å². The summed E-state index contributed by atoms with van der Waals surface area (Å²) in [5, 5.41) is 0. The summed E-state index contributed by atoms with van der Waals surface area (Å²) in [6.07, 6.45) is 1.81. The monoisotopic (exact) mass is 302 g/mol. The summed E-state index contributed by atoms with van der Waals surface area (Å²) in [5.41, 5.74) is 2.46. The van der Waals surface area contributed by atoms with E-state index in [2.05, 4.69) is 50.2 Å². The Balaban J connectivity index is 2.23. The Bertz CT molecular complexity index is 584. The van der Waals surface area contributed by atoms with Gasteiger partial charge >= 0.3 is 5.97 Å². The van der Waals surface area contributed by atoms with E-state index in [9.17, 15) is 4.79 Å². The summed E-state index contributed by atoms with van der Waals surface area (Å²) in [4.78, 5) is 14.4. The van der Waals surface area contributed by atoms with Crippen LogP contribution in [0.5, 0.6) is 0 Å². The number of hydrogen-bond donors (Lipinski definition) is 0. The zero-order valence-electron chi connectivity index (χ0n) is 12.9. The Morgan fingerprint density at radius 3 is 2.48 bits per heavy atom. The van der Waals surface area contributed by atoms with Gasteiger partial charge in [-0.2, -0.15) is 0 Å². The first kappa shape index (κ1) is 15.8. The van der Waals surface area contributed by atoms with Crippen molar-refractivity contribution in [3.8, 4) is 10.4 Å². The maximum absolute atomic E-state index is 12.1. The quantitative estimate of drug-likeness (QED) is 0.688. The van der Waals surface area contributed by atoms with Gasteiger partial charge in [0, 0.05) is 9.75 Å². The van der Waals surface area contributed by atoms with Gasteiger partial charge in [0.25, 0.3) is 0 Å². The fourth-order valence-electron chi connectivity index (χ4n) is 2.32. The van der Waals surface area contributed by atoms with Crippen molar-refractivity contribution in [3.05, 3.63) is 46.8 Å². The predicted molar refractivity (Wildman–Crippen MR) is 88.8 cm³/mol. The number of benzene rings is 1. The van der Waals surface area contributed by atoms with E-state index in [1.165, 1.54) is 16.0 Å². The molecule has 1 heterocycles. The molecule has 21 heavy (non-hydrogen) atoms. The number of ether oxygens (including phenoxy) is 1. The molecule has 1 unspecified atom stereocenters. The maximum atomic E-state index is 12.1. The van der Waals surface area contributed by atoms with Crippen molar-refractivity contribution in [3.63, 3.8) is 0 Å². The molecule has 1 aromatic heterocycles. The molecule has 2 aromatic rings. The lowest BCUT2D eigenvalue weighted by Crippen LogP contribution is -2.14. The number of carbonyl (C=O) groups is 1. The molecular weight excluding hydrogens is 280 g/mol. The van der Waals surface area contributed by atoms with E-state index in [0.717, 1.165) is 17.7 Å². The number of esters is 1. The second-order valence-corrected chi connectivity index (χ2v) is 6.28. The van der Waals surface area contributed by atoms with Gasteiger partial charge in [-0.1, -0.05) is 43.2 Å². The Morgan fingerprint density at radius 2 is 1.86 bits per heavy atom. The number of aryl methyl sites for hydroxylation is 1. The lowest BCUT2D eigenvalue weighted by atomic mass is 10.0. The third-order valence-corrected chi connectivity index (χ3v) is 4.70. The Morgan fingerprint density at radius 1 is 1.14 bits per heavy atom. The number of carbonyl (C=O) groups excluding carboxylic acids is 1. The first-order valence-corrected chi connectivity index (χ1v) is 8.30. The van der Waals surface area contributed by atoms with Crippen LogP contribution in [0.1, 0.15) is 43.0 Å². The zero-order chi connectivity index (χ0) is 15.2. The molecule has 0 amide bonds. The molecule has 0 N–H and O–H groups in total. The number of rotatable bonds is 6.